The molecule has 2 aliphatic heterocycles. The van der Waals surface area contributed by atoms with Gasteiger partial charge in [-0.15, -0.1) is 0 Å². The van der Waals surface area contributed by atoms with Crippen LogP contribution in [-0.4, -0.2) is 47.4 Å². The molecule has 3 rings (SSSR count). The van der Waals surface area contributed by atoms with Crippen LogP contribution in [0, 0.1) is 17.8 Å². The maximum absolute atomic E-state index is 12.7. The number of anilines is 1. The van der Waals surface area contributed by atoms with Crippen molar-refractivity contribution < 1.29 is 19.5 Å². The van der Waals surface area contributed by atoms with Crippen molar-refractivity contribution >= 4 is 35.1 Å². The van der Waals surface area contributed by atoms with Gasteiger partial charge in [0, 0.05) is 36.8 Å². The number of likely N-dealkylation sites (tertiary alicyclic amines) is 1. The van der Waals surface area contributed by atoms with E-state index in [1.165, 1.54) is 0 Å². The van der Waals surface area contributed by atoms with Crippen LogP contribution in [0.3, 0.4) is 0 Å². The summed E-state index contributed by atoms with van der Waals surface area (Å²) in [7, 11) is 0. The van der Waals surface area contributed by atoms with Crippen LogP contribution in [0.1, 0.15) is 13.3 Å². The van der Waals surface area contributed by atoms with E-state index >= 15 is 0 Å². The van der Waals surface area contributed by atoms with E-state index in [0.717, 1.165) is 5.69 Å². The van der Waals surface area contributed by atoms with Crippen molar-refractivity contribution in [2.45, 2.75) is 13.3 Å². The highest BCUT2D eigenvalue weighted by Crippen LogP contribution is 2.30. The number of carboxylic acid groups (broad SMARTS) is 1. The van der Waals surface area contributed by atoms with Crippen molar-refractivity contribution in [2.75, 3.05) is 24.5 Å². The number of carbonyl (C=O) groups is 3. The number of hydrogen-bond donors (Lipinski definition) is 1. The van der Waals surface area contributed by atoms with E-state index in [0.29, 0.717) is 18.1 Å². The second kappa shape index (κ2) is 6.43. The van der Waals surface area contributed by atoms with Crippen molar-refractivity contribution in [3.8, 4) is 0 Å². The zero-order valence-corrected chi connectivity index (χ0v) is 14.1. The molecule has 1 aromatic rings. The highest BCUT2D eigenvalue weighted by atomic mass is 35.5. The molecule has 1 unspecified atom stereocenters. The Labute approximate surface area is 145 Å². The normalized spacial score (nSPS) is 26.9. The van der Waals surface area contributed by atoms with E-state index in [2.05, 4.69) is 0 Å². The number of halogens is 1. The number of aliphatic carboxylic acids is 1. The Hall–Kier alpha value is -2.08. The van der Waals surface area contributed by atoms with Crippen LogP contribution in [0.25, 0.3) is 0 Å². The summed E-state index contributed by atoms with van der Waals surface area (Å²) in [6, 6.07) is 6.93. The van der Waals surface area contributed by atoms with Gasteiger partial charge in [0.2, 0.25) is 11.8 Å². The van der Waals surface area contributed by atoms with Crippen molar-refractivity contribution in [1.29, 1.82) is 0 Å². The van der Waals surface area contributed by atoms with E-state index in [9.17, 15) is 19.5 Å². The quantitative estimate of drug-likeness (QED) is 0.902. The summed E-state index contributed by atoms with van der Waals surface area (Å²) in [5.41, 5.74) is 0.720. The predicted octanol–water partition coefficient (Wildman–Crippen LogP) is 1.87. The fourth-order valence-corrected chi connectivity index (χ4v) is 3.60. The number of carbonyl (C=O) groups excluding carboxylic acids is 2. The lowest BCUT2D eigenvalue weighted by molar-refractivity contribution is -0.142. The van der Waals surface area contributed by atoms with E-state index in [-0.39, 0.29) is 30.7 Å². The minimum atomic E-state index is -0.872. The summed E-state index contributed by atoms with van der Waals surface area (Å²) in [6.07, 6.45) is 0.157. The van der Waals surface area contributed by atoms with Gasteiger partial charge in [0.15, 0.2) is 0 Å². The third-order valence-corrected chi connectivity index (χ3v) is 5.11. The lowest BCUT2D eigenvalue weighted by Gasteiger charge is -2.21. The number of benzene rings is 1. The Kier molecular flexibility index (Phi) is 4.49. The monoisotopic (exact) mass is 350 g/mol. The number of carboxylic acids is 1. The lowest BCUT2D eigenvalue weighted by Crippen LogP contribution is -2.36. The summed E-state index contributed by atoms with van der Waals surface area (Å²) in [4.78, 5) is 39.3. The summed E-state index contributed by atoms with van der Waals surface area (Å²) in [5.74, 6) is -2.13. The van der Waals surface area contributed by atoms with Gasteiger partial charge in [0.05, 0.1) is 11.8 Å². The average Bonchev–Trinajstić information content (AvgIpc) is 3.11. The first-order valence-electron chi connectivity index (χ1n) is 7.94. The largest absolute Gasteiger partial charge is 0.481 e. The molecule has 0 aromatic heterocycles. The van der Waals surface area contributed by atoms with Crippen molar-refractivity contribution in [3.63, 3.8) is 0 Å². The van der Waals surface area contributed by atoms with Crippen LogP contribution in [0.4, 0.5) is 5.69 Å². The molecule has 1 aromatic carbocycles. The second-order valence-corrected chi connectivity index (χ2v) is 6.98. The number of amides is 2. The highest BCUT2D eigenvalue weighted by Gasteiger charge is 2.42. The standard InChI is InChI=1S/C17H19ClN2O4/c1-10-7-19(9-14(10)17(23)24)16(22)11-6-15(21)20(8-11)13-4-2-12(18)3-5-13/h2-5,10-11,14H,6-9H2,1H3,(H,23,24)/t10-,11?,14-/m1/s1. The minimum Gasteiger partial charge on any atom is -0.481 e. The predicted molar refractivity (Wildman–Crippen MR) is 88.8 cm³/mol. The molecule has 6 nitrogen and oxygen atoms in total. The fraction of sp³-hybridized carbons (Fsp3) is 0.471. The van der Waals surface area contributed by atoms with E-state index in [4.69, 9.17) is 11.6 Å². The molecule has 2 heterocycles. The number of nitrogens with zero attached hydrogens (tertiary/aromatic N) is 2. The van der Waals surface area contributed by atoms with Crippen LogP contribution in [0.2, 0.25) is 5.02 Å². The van der Waals surface area contributed by atoms with Crippen LogP contribution < -0.4 is 4.90 Å². The Morgan fingerprint density at radius 2 is 1.83 bits per heavy atom. The van der Waals surface area contributed by atoms with Gasteiger partial charge in [-0.25, -0.2) is 0 Å². The van der Waals surface area contributed by atoms with Gasteiger partial charge in [-0.1, -0.05) is 18.5 Å². The van der Waals surface area contributed by atoms with Gasteiger partial charge >= 0.3 is 5.97 Å². The third-order valence-electron chi connectivity index (χ3n) is 4.85. The molecular formula is C17H19ClN2O4. The molecule has 2 saturated heterocycles. The topological polar surface area (TPSA) is 77.9 Å². The molecule has 7 heteroatoms. The number of rotatable bonds is 3. The smallest absolute Gasteiger partial charge is 0.308 e. The zero-order chi connectivity index (χ0) is 17.4. The van der Waals surface area contributed by atoms with Crippen LogP contribution in [0.15, 0.2) is 24.3 Å². The van der Waals surface area contributed by atoms with Crippen molar-refractivity contribution in [3.05, 3.63) is 29.3 Å². The molecule has 128 valence electrons. The summed E-state index contributed by atoms with van der Waals surface area (Å²) < 4.78 is 0. The number of hydrogen-bond acceptors (Lipinski definition) is 3. The van der Waals surface area contributed by atoms with E-state index in [1.54, 1.807) is 34.1 Å². The SMILES string of the molecule is C[C@@H]1CN(C(=O)C2CC(=O)N(c3ccc(Cl)cc3)C2)C[C@H]1C(=O)O. The van der Waals surface area contributed by atoms with Gasteiger partial charge in [0.25, 0.3) is 0 Å². The maximum Gasteiger partial charge on any atom is 0.308 e. The van der Waals surface area contributed by atoms with Gasteiger partial charge in [0.1, 0.15) is 0 Å². The zero-order valence-electron chi connectivity index (χ0n) is 13.3. The van der Waals surface area contributed by atoms with Gasteiger partial charge in [-0.2, -0.15) is 0 Å². The third kappa shape index (κ3) is 3.11. The molecule has 2 fully saturated rings. The first-order chi connectivity index (χ1) is 11.4. The maximum atomic E-state index is 12.7. The molecule has 0 saturated carbocycles. The second-order valence-electron chi connectivity index (χ2n) is 6.55. The molecule has 3 atom stereocenters. The first kappa shape index (κ1) is 16.8. The van der Waals surface area contributed by atoms with E-state index in [1.807, 2.05) is 6.92 Å². The van der Waals surface area contributed by atoms with Crippen LogP contribution in [-0.2, 0) is 14.4 Å². The first-order valence-corrected chi connectivity index (χ1v) is 8.32. The van der Waals surface area contributed by atoms with E-state index < -0.39 is 17.8 Å². The molecule has 2 aliphatic rings. The average molecular weight is 351 g/mol. The Morgan fingerprint density at radius 1 is 1.17 bits per heavy atom. The van der Waals surface area contributed by atoms with Crippen LogP contribution >= 0.6 is 11.6 Å². The molecule has 0 spiro atoms. The summed E-state index contributed by atoms with van der Waals surface area (Å²) in [6.45, 7) is 2.82. The highest BCUT2D eigenvalue weighted by molar-refractivity contribution is 6.30. The molecule has 1 N–H and O–H groups in total. The molecular weight excluding hydrogens is 332 g/mol. The molecule has 0 aliphatic carbocycles. The van der Waals surface area contributed by atoms with Gasteiger partial charge in [-0.3, -0.25) is 14.4 Å². The Morgan fingerprint density at radius 3 is 2.42 bits per heavy atom. The molecule has 24 heavy (non-hydrogen) atoms. The summed E-state index contributed by atoms with van der Waals surface area (Å²) >= 11 is 5.86. The van der Waals surface area contributed by atoms with Gasteiger partial charge < -0.3 is 14.9 Å². The lowest BCUT2D eigenvalue weighted by atomic mass is 9.99. The molecule has 2 amide bonds. The fourth-order valence-electron chi connectivity index (χ4n) is 3.47. The molecule has 0 radical (unpaired) electrons. The van der Waals surface area contributed by atoms with Crippen molar-refractivity contribution in [1.82, 2.24) is 4.90 Å². The summed E-state index contributed by atoms with van der Waals surface area (Å²) in [5, 5.41) is 9.78. The molecule has 0 bridgehead atoms. The van der Waals surface area contributed by atoms with Gasteiger partial charge in [-0.05, 0) is 30.2 Å². The minimum absolute atomic E-state index is 0.0732. The Balaban J connectivity index is 1.68. The Bertz CT molecular complexity index is 676. The van der Waals surface area contributed by atoms with Crippen LogP contribution in [0.5, 0.6) is 0 Å². The van der Waals surface area contributed by atoms with Crippen molar-refractivity contribution in [2.24, 2.45) is 17.8 Å².